The van der Waals surface area contributed by atoms with Crippen molar-refractivity contribution in [1.29, 1.82) is 0 Å². The first-order chi connectivity index (χ1) is 30.8. The molecule has 1 amide bonds. The summed E-state index contributed by atoms with van der Waals surface area (Å²) in [5.74, 6) is -5.55. The van der Waals surface area contributed by atoms with Gasteiger partial charge >= 0.3 is 17.9 Å². The Labute approximate surface area is 388 Å². The molecular weight excluding hydrogens is 859 g/mol. The number of aliphatic hydroxyl groups is 2. The summed E-state index contributed by atoms with van der Waals surface area (Å²) >= 11 is 0. The number of carbonyl (C=O) groups is 5. The number of hydrogen-bond acceptors (Lipinski definition) is 12. The average molecular weight is 924 g/mol. The number of esters is 3. The van der Waals surface area contributed by atoms with Gasteiger partial charge in [-0.2, -0.15) is 0 Å². The van der Waals surface area contributed by atoms with Gasteiger partial charge < -0.3 is 38.9 Å². The number of rotatable bonds is 11. The van der Waals surface area contributed by atoms with Crippen LogP contribution >= 0.6 is 0 Å². The van der Waals surface area contributed by atoms with Crippen LogP contribution in [0.4, 0.5) is 0 Å². The van der Waals surface area contributed by atoms with Crippen molar-refractivity contribution in [2.24, 2.45) is 22.7 Å². The minimum atomic E-state index is -2.85. The standard InChI is InChI=1S/C52H65NO12Si/c1-30-36(62-47(59)41(65-66(10,11)48(4,5)6)40(33-21-15-12-16-22-33)53-45(57)34-23-17-13-18-24-34)28-52(60)44(63-46(58)35-25-19-14-20-26-35)42-50(9,43(56)31(2)39(30)49(52,7)8)37(55)27-38-51(42,29-61-38)64-32(3)54/h12-26,31,36-38,40-42,44,55,60H,27-29H2,1-11H3,(H,53,57)/t31-,36?,37+,38?,40+,41-,42+,44+,50-,51+,52-/m1/s1. The van der Waals surface area contributed by atoms with Crippen molar-refractivity contribution in [3.8, 4) is 0 Å². The van der Waals surface area contributed by atoms with Gasteiger partial charge in [0.25, 0.3) is 5.91 Å². The number of benzene rings is 3. The molecule has 13 nitrogen and oxygen atoms in total. The van der Waals surface area contributed by atoms with Crippen molar-refractivity contribution in [2.45, 2.75) is 141 Å². The van der Waals surface area contributed by atoms with Gasteiger partial charge in [-0.15, -0.1) is 0 Å². The molecule has 354 valence electrons. The van der Waals surface area contributed by atoms with Crippen LogP contribution in [0.15, 0.2) is 102 Å². The smallest absolute Gasteiger partial charge is 0.338 e. The largest absolute Gasteiger partial charge is 0.456 e. The second kappa shape index (κ2) is 17.6. The number of amides is 1. The molecule has 2 unspecified atom stereocenters. The second-order valence-electron chi connectivity index (χ2n) is 20.9. The highest BCUT2D eigenvalue weighted by molar-refractivity contribution is 6.74. The molecule has 0 radical (unpaired) electrons. The molecular formula is C52H65NO12Si. The van der Waals surface area contributed by atoms with Gasteiger partial charge in [0.15, 0.2) is 20.0 Å². The van der Waals surface area contributed by atoms with Crippen LogP contribution in [0.25, 0.3) is 0 Å². The number of aliphatic hydroxyl groups excluding tert-OH is 1. The number of hydrogen-bond donors (Lipinski definition) is 3. The number of carbonyl (C=O) groups excluding carboxylic acids is 5. The Morgan fingerprint density at radius 3 is 1.97 bits per heavy atom. The molecule has 2 bridgehead atoms. The van der Waals surface area contributed by atoms with Gasteiger partial charge in [-0.3, -0.25) is 14.4 Å². The minimum absolute atomic E-state index is 0.0583. The second-order valence-corrected chi connectivity index (χ2v) is 25.7. The summed E-state index contributed by atoms with van der Waals surface area (Å²) in [7, 11) is -2.85. The normalized spacial score (nSPS) is 31.3. The summed E-state index contributed by atoms with van der Waals surface area (Å²) in [4.78, 5) is 72.4. The van der Waals surface area contributed by atoms with E-state index in [9.17, 15) is 24.6 Å². The number of ether oxygens (including phenoxy) is 4. The van der Waals surface area contributed by atoms with E-state index in [1.807, 2.05) is 39.9 Å². The zero-order valence-electron chi connectivity index (χ0n) is 39.9. The van der Waals surface area contributed by atoms with E-state index in [0.29, 0.717) is 22.3 Å². The minimum Gasteiger partial charge on any atom is -0.456 e. The monoisotopic (exact) mass is 923 g/mol. The molecule has 3 aromatic rings. The lowest BCUT2D eigenvalue weighted by atomic mass is 9.43. The first kappa shape index (κ1) is 48.9. The molecule has 66 heavy (non-hydrogen) atoms. The zero-order chi connectivity index (χ0) is 48.4. The van der Waals surface area contributed by atoms with Crippen molar-refractivity contribution in [3.63, 3.8) is 0 Å². The highest BCUT2D eigenvalue weighted by Crippen LogP contribution is 2.65. The number of Topliss-reactive ketones (excluding diaryl/α,β-unsaturated/α-hetero) is 1. The fourth-order valence-electron chi connectivity index (χ4n) is 11.0. The Morgan fingerprint density at radius 2 is 1.44 bits per heavy atom. The summed E-state index contributed by atoms with van der Waals surface area (Å²) < 4.78 is 32.3. The van der Waals surface area contributed by atoms with Crippen LogP contribution in [-0.2, 0) is 37.8 Å². The van der Waals surface area contributed by atoms with E-state index in [2.05, 4.69) is 5.32 Å². The molecule has 0 spiro atoms. The van der Waals surface area contributed by atoms with E-state index in [1.54, 1.807) is 120 Å². The third kappa shape index (κ3) is 8.16. The highest BCUT2D eigenvalue weighted by Gasteiger charge is 2.77. The fraction of sp³-hybridized carbons (Fsp3) is 0.519. The van der Waals surface area contributed by atoms with Crippen LogP contribution in [0.5, 0.6) is 0 Å². The maximum atomic E-state index is 15.5. The van der Waals surface area contributed by atoms with E-state index in [1.165, 1.54) is 6.92 Å². The molecule has 2 saturated carbocycles. The molecule has 1 saturated heterocycles. The van der Waals surface area contributed by atoms with Gasteiger partial charge in [-0.25, -0.2) is 9.59 Å². The van der Waals surface area contributed by atoms with Crippen LogP contribution in [0.3, 0.4) is 0 Å². The van der Waals surface area contributed by atoms with E-state index in [0.717, 1.165) is 0 Å². The third-order valence-electron chi connectivity index (χ3n) is 15.7. The van der Waals surface area contributed by atoms with E-state index < -0.39 is 113 Å². The molecule has 3 aromatic carbocycles. The Balaban J connectivity index is 1.40. The van der Waals surface area contributed by atoms with Crippen molar-refractivity contribution in [2.75, 3.05) is 6.61 Å². The van der Waals surface area contributed by atoms with Gasteiger partial charge in [0, 0.05) is 36.7 Å². The lowest BCUT2D eigenvalue weighted by molar-refractivity contribution is -0.345. The molecule has 3 N–H and O–H groups in total. The van der Waals surface area contributed by atoms with Crippen molar-refractivity contribution in [3.05, 3.63) is 119 Å². The molecule has 1 aliphatic heterocycles. The molecule has 3 aliphatic carbocycles. The lowest BCUT2D eigenvalue weighted by Crippen LogP contribution is -2.81. The van der Waals surface area contributed by atoms with Crippen molar-refractivity contribution in [1.82, 2.24) is 5.32 Å². The molecule has 4 aliphatic rings. The van der Waals surface area contributed by atoms with Crippen LogP contribution in [-0.4, -0.2) is 96.5 Å². The molecule has 0 aromatic heterocycles. The quantitative estimate of drug-likeness (QED) is 0.0748. The number of fused-ring (bicyclic) bond motifs is 5. The molecule has 1 heterocycles. The van der Waals surface area contributed by atoms with Gasteiger partial charge in [-0.1, -0.05) is 108 Å². The molecule has 3 fully saturated rings. The SMILES string of the molecule is CC(=O)O[C@@]12COC1C[C@H](O)[C@@]1(C)C(=O)[C@H](C)C3=C(C)C(OC(=O)[C@H](O[Si](C)(C)C(C)(C)C)[C@@H](NC(=O)c4ccccc4)c4ccccc4)C[C@@](O)([C@@H](OC(=O)c4ccccc4)[C@@H]12)C3(C)C. The first-order valence-corrected chi connectivity index (χ1v) is 25.7. The van der Waals surface area contributed by atoms with Crippen molar-refractivity contribution >= 4 is 37.9 Å². The summed E-state index contributed by atoms with van der Waals surface area (Å²) in [5, 5.41) is 28.7. The highest BCUT2D eigenvalue weighted by atomic mass is 28.4. The van der Waals surface area contributed by atoms with Crippen LogP contribution in [0, 0.1) is 22.7 Å². The summed E-state index contributed by atoms with van der Waals surface area (Å²) in [5.41, 5.74) is -4.85. The van der Waals surface area contributed by atoms with Gasteiger partial charge in [0.2, 0.25) is 0 Å². The first-order valence-electron chi connectivity index (χ1n) is 22.8. The van der Waals surface area contributed by atoms with Crippen LogP contribution in [0.1, 0.15) is 107 Å². The lowest BCUT2D eigenvalue weighted by Gasteiger charge is -2.67. The fourth-order valence-corrected chi connectivity index (χ4v) is 12.3. The maximum absolute atomic E-state index is 15.5. The predicted molar refractivity (Wildman–Crippen MR) is 247 cm³/mol. The third-order valence-corrected chi connectivity index (χ3v) is 20.2. The molecule has 11 atom stereocenters. The van der Waals surface area contributed by atoms with Crippen LogP contribution in [0.2, 0.25) is 18.1 Å². The van der Waals surface area contributed by atoms with E-state index in [-0.39, 0.29) is 25.0 Å². The number of nitrogens with one attached hydrogen (secondary N) is 1. The van der Waals surface area contributed by atoms with Gasteiger partial charge in [-0.05, 0) is 73.0 Å². The topological polar surface area (TPSA) is 184 Å². The summed E-state index contributed by atoms with van der Waals surface area (Å²) in [6.07, 6.45) is -6.97. The predicted octanol–water partition coefficient (Wildman–Crippen LogP) is 7.47. The molecule has 7 rings (SSSR count). The maximum Gasteiger partial charge on any atom is 0.338 e. The van der Waals surface area contributed by atoms with Gasteiger partial charge in [0.05, 0.1) is 35.6 Å². The van der Waals surface area contributed by atoms with E-state index in [4.69, 9.17) is 23.4 Å². The Hall–Kier alpha value is -4.99. The summed E-state index contributed by atoms with van der Waals surface area (Å²) in [6.45, 7) is 19.7. The van der Waals surface area contributed by atoms with Crippen molar-refractivity contribution < 1.29 is 57.6 Å². The Bertz CT molecular complexity index is 2380. The average Bonchev–Trinajstić information content (AvgIpc) is 3.26. The van der Waals surface area contributed by atoms with Crippen LogP contribution < -0.4 is 5.32 Å². The Kier molecular flexibility index (Phi) is 13.0. The number of ketones is 1. The van der Waals surface area contributed by atoms with Gasteiger partial charge in [0.1, 0.15) is 29.7 Å². The Morgan fingerprint density at radius 1 is 0.879 bits per heavy atom. The van der Waals surface area contributed by atoms with E-state index >= 15 is 9.59 Å². The summed E-state index contributed by atoms with van der Waals surface area (Å²) in [6, 6.07) is 24.8. The molecule has 14 heteroatoms. The zero-order valence-corrected chi connectivity index (χ0v) is 40.9.